The minimum atomic E-state index is -0.101. The fraction of sp³-hybridized carbons (Fsp3) is 0.600. The molecule has 6 nitrogen and oxygen atoms in total. The van der Waals surface area contributed by atoms with Crippen LogP contribution < -0.4 is 5.32 Å². The second-order valence-electron chi connectivity index (χ2n) is 6.58. The van der Waals surface area contributed by atoms with Gasteiger partial charge in [-0.2, -0.15) is 0 Å². The fourth-order valence-electron chi connectivity index (χ4n) is 3.06. The molecule has 1 N–H and O–H groups in total. The van der Waals surface area contributed by atoms with Gasteiger partial charge in [0.15, 0.2) is 0 Å². The summed E-state index contributed by atoms with van der Waals surface area (Å²) in [4.78, 5) is 29.0. The quantitative estimate of drug-likeness (QED) is 0.731. The van der Waals surface area contributed by atoms with E-state index in [-0.39, 0.29) is 11.8 Å². The van der Waals surface area contributed by atoms with Gasteiger partial charge in [0.1, 0.15) is 0 Å². The van der Waals surface area contributed by atoms with Gasteiger partial charge in [0.2, 0.25) is 0 Å². The Morgan fingerprint density at radius 1 is 1.04 bits per heavy atom. The molecule has 1 heterocycles. The highest BCUT2D eigenvalue weighted by Gasteiger charge is 2.15. The third kappa shape index (κ3) is 6.11. The molecule has 1 fully saturated rings. The van der Waals surface area contributed by atoms with Crippen LogP contribution in [0.3, 0.4) is 0 Å². The van der Waals surface area contributed by atoms with E-state index >= 15 is 0 Å². The maximum Gasteiger partial charge on any atom is 0.253 e. The summed E-state index contributed by atoms with van der Waals surface area (Å²) >= 11 is 0. The summed E-state index contributed by atoms with van der Waals surface area (Å²) in [6.07, 6.45) is 1.88. The predicted octanol–water partition coefficient (Wildman–Crippen LogP) is 2.01. The molecule has 1 aromatic carbocycles. The maximum absolute atomic E-state index is 12.6. The number of hydrogen-bond donors (Lipinski definition) is 1. The van der Waals surface area contributed by atoms with Gasteiger partial charge in [-0.3, -0.25) is 14.5 Å². The Labute approximate surface area is 156 Å². The average molecular weight is 361 g/mol. The van der Waals surface area contributed by atoms with Gasteiger partial charge in [-0.25, -0.2) is 0 Å². The first-order valence-corrected chi connectivity index (χ1v) is 9.63. The van der Waals surface area contributed by atoms with Crippen molar-refractivity contribution in [1.82, 2.24) is 15.1 Å². The summed E-state index contributed by atoms with van der Waals surface area (Å²) < 4.78 is 5.31. The van der Waals surface area contributed by atoms with Crippen molar-refractivity contribution >= 4 is 11.8 Å². The summed E-state index contributed by atoms with van der Waals surface area (Å²) in [7, 11) is 0. The molecule has 144 valence electrons. The van der Waals surface area contributed by atoms with E-state index in [2.05, 4.69) is 24.1 Å². The first kappa shape index (κ1) is 20.4. The lowest BCUT2D eigenvalue weighted by Crippen LogP contribution is -2.41. The van der Waals surface area contributed by atoms with Crippen molar-refractivity contribution in [3.05, 3.63) is 35.4 Å². The van der Waals surface area contributed by atoms with E-state index in [0.717, 1.165) is 58.8 Å². The van der Waals surface area contributed by atoms with Gasteiger partial charge in [-0.15, -0.1) is 0 Å². The normalized spacial score (nSPS) is 14.8. The Bertz CT molecular complexity index is 562. The third-order valence-corrected chi connectivity index (χ3v) is 4.49. The first-order chi connectivity index (χ1) is 12.7. The number of hydrogen-bond acceptors (Lipinski definition) is 4. The fourth-order valence-corrected chi connectivity index (χ4v) is 3.06. The monoisotopic (exact) mass is 361 g/mol. The lowest BCUT2D eigenvalue weighted by Gasteiger charge is -2.26. The van der Waals surface area contributed by atoms with Gasteiger partial charge >= 0.3 is 0 Å². The Morgan fingerprint density at radius 3 is 2.19 bits per heavy atom. The zero-order chi connectivity index (χ0) is 18.8. The molecule has 1 aliphatic heterocycles. The van der Waals surface area contributed by atoms with E-state index in [9.17, 15) is 9.59 Å². The number of nitrogens with zero attached hydrogens (tertiary/aromatic N) is 2. The lowest BCUT2D eigenvalue weighted by atomic mass is 10.1. The Hall–Kier alpha value is -1.92. The molecule has 0 radical (unpaired) electrons. The van der Waals surface area contributed by atoms with Crippen LogP contribution in [-0.2, 0) is 4.74 Å². The highest BCUT2D eigenvalue weighted by molar-refractivity contribution is 5.97. The number of carbonyl (C=O) groups excluding carboxylic acids is 2. The largest absolute Gasteiger partial charge is 0.379 e. The van der Waals surface area contributed by atoms with Crippen LogP contribution in [-0.4, -0.2) is 74.1 Å². The molecule has 1 aromatic rings. The summed E-state index contributed by atoms with van der Waals surface area (Å²) in [5.74, 6) is -0.0655. The molecule has 1 saturated heterocycles. The summed E-state index contributed by atoms with van der Waals surface area (Å²) in [5.41, 5.74) is 1.22. The van der Waals surface area contributed by atoms with Crippen LogP contribution in [0, 0.1) is 0 Å². The van der Waals surface area contributed by atoms with Crippen molar-refractivity contribution in [2.24, 2.45) is 0 Å². The van der Waals surface area contributed by atoms with Crippen LogP contribution in [0.1, 0.15) is 47.4 Å². The Morgan fingerprint density at radius 2 is 1.62 bits per heavy atom. The molecule has 1 aliphatic rings. The summed E-state index contributed by atoms with van der Waals surface area (Å²) in [6, 6.07) is 6.95. The molecule has 26 heavy (non-hydrogen) atoms. The number of benzene rings is 1. The highest BCUT2D eigenvalue weighted by atomic mass is 16.5. The van der Waals surface area contributed by atoms with E-state index in [1.165, 1.54) is 0 Å². The highest BCUT2D eigenvalue weighted by Crippen LogP contribution is 2.09. The lowest BCUT2D eigenvalue weighted by molar-refractivity contribution is 0.0383. The third-order valence-electron chi connectivity index (χ3n) is 4.49. The predicted molar refractivity (Wildman–Crippen MR) is 103 cm³/mol. The molecule has 0 aromatic heterocycles. The standard InChI is InChI=1S/C20H31N3O3/c1-3-10-23(11-4-2)20(25)18-7-5-17(6-8-18)19(24)21-9-12-22-13-15-26-16-14-22/h5-8H,3-4,9-16H2,1-2H3,(H,21,24). The van der Waals surface area contributed by atoms with E-state index in [1.807, 2.05) is 4.90 Å². The van der Waals surface area contributed by atoms with Gasteiger partial charge in [0.05, 0.1) is 13.2 Å². The summed E-state index contributed by atoms with van der Waals surface area (Å²) in [5, 5.41) is 2.94. The molecule has 0 unspecified atom stereocenters. The molecule has 0 spiro atoms. The van der Waals surface area contributed by atoms with Gasteiger partial charge in [-0.05, 0) is 37.1 Å². The van der Waals surface area contributed by atoms with Crippen LogP contribution in [0.2, 0.25) is 0 Å². The van der Waals surface area contributed by atoms with Crippen LogP contribution in [0.15, 0.2) is 24.3 Å². The molecular weight excluding hydrogens is 330 g/mol. The number of carbonyl (C=O) groups is 2. The van der Waals surface area contributed by atoms with Gasteiger partial charge in [-0.1, -0.05) is 13.8 Å². The van der Waals surface area contributed by atoms with Crippen molar-refractivity contribution < 1.29 is 14.3 Å². The zero-order valence-electron chi connectivity index (χ0n) is 16.0. The number of rotatable bonds is 9. The number of ether oxygens (including phenoxy) is 1. The molecule has 2 amide bonds. The van der Waals surface area contributed by atoms with Crippen LogP contribution in [0.25, 0.3) is 0 Å². The van der Waals surface area contributed by atoms with Gasteiger partial charge in [0.25, 0.3) is 11.8 Å². The second-order valence-corrected chi connectivity index (χ2v) is 6.58. The number of nitrogens with one attached hydrogen (secondary N) is 1. The maximum atomic E-state index is 12.6. The topological polar surface area (TPSA) is 61.9 Å². The minimum absolute atomic E-state index is 0.0352. The molecule has 0 bridgehead atoms. The van der Waals surface area contributed by atoms with Crippen LogP contribution in [0.4, 0.5) is 0 Å². The minimum Gasteiger partial charge on any atom is -0.379 e. The molecule has 2 rings (SSSR count). The molecule has 0 aliphatic carbocycles. The van der Waals surface area contributed by atoms with E-state index in [1.54, 1.807) is 24.3 Å². The molecular formula is C20H31N3O3. The van der Waals surface area contributed by atoms with Gasteiger partial charge in [0, 0.05) is 50.4 Å². The number of morpholine rings is 1. The van der Waals surface area contributed by atoms with Crippen LogP contribution >= 0.6 is 0 Å². The van der Waals surface area contributed by atoms with Crippen molar-refractivity contribution in [2.75, 3.05) is 52.5 Å². The van der Waals surface area contributed by atoms with Crippen molar-refractivity contribution in [3.8, 4) is 0 Å². The molecule has 0 saturated carbocycles. The van der Waals surface area contributed by atoms with Crippen molar-refractivity contribution in [1.29, 1.82) is 0 Å². The van der Waals surface area contributed by atoms with Gasteiger partial charge < -0.3 is 15.0 Å². The SMILES string of the molecule is CCCN(CCC)C(=O)c1ccc(C(=O)NCCN2CCOCC2)cc1. The van der Waals surface area contributed by atoms with Crippen molar-refractivity contribution in [3.63, 3.8) is 0 Å². The van der Waals surface area contributed by atoms with E-state index in [4.69, 9.17) is 4.74 Å². The second kappa shape index (κ2) is 10.9. The molecule has 6 heteroatoms. The molecule has 0 atom stereocenters. The smallest absolute Gasteiger partial charge is 0.253 e. The van der Waals surface area contributed by atoms with Crippen LogP contribution in [0.5, 0.6) is 0 Å². The van der Waals surface area contributed by atoms with E-state index in [0.29, 0.717) is 17.7 Å². The first-order valence-electron chi connectivity index (χ1n) is 9.63. The number of amides is 2. The van der Waals surface area contributed by atoms with E-state index < -0.39 is 0 Å². The summed E-state index contributed by atoms with van der Waals surface area (Å²) in [6.45, 7) is 10.5. The average Bonchev–Trinajstić information content (AvgIpc) is 2.68. The Kier molecular flexibility index (Phi) is 8.58. The van der Waals surface area contributed by atoms with Crippen molar-refractivity contribution in [2.45, 2.75) is 26.7 Å². The Balaban J connectivity index is 1.84. The zero-order valence-corrected chi connectivity index (χ0v) is 16.0.